The van der Waals surface area contributed by atoms with E-state index in [-0.39, 0.29) is 11.5 Å². The lowest BCUT2D eigenvalue weighted by Crippen LogP contribution is -2.45. The van der Waals surface area contributed by atoms with Crippen molar-refractivity contribution in [2.24, 2.45) is 0 Å². The topological polar surface area (TPSA) is 58.2 Å². The first-order valence-corrected chi connectivity index (χ1v) is 7.52. The third-order valence-corrected chi connectivity index (χ3v) is 3.95. The normalized spacial score (nSPS) is 11.5. The predicted octanol–water partition coefficient (Wildman–Crippen LogP) is 2.77. The molecule has 0 spiro atoms. The maximum atomic E-state index is 13.4. The Morgan fingerprint density at radius 2 is 1.64 bits per heavy atom. The number of hydrogen-bond donors (Lipinski definition) is 2. The van der Waals surface area contributed by atoms with E-state index >= 15 is 0 Å². The van der Waals surface area contributed by atoms with E-state index in [0.717, 1.165) is 4.90 Å². The number of hydrogen-bond acceptors (Lipinski definition) is 3. The van der Waals surface area contributed by atoms with Crippen LogP contribution in [-0.2, 0) is 4.79 Å². The van der Waals surface area contributed by atoms with E-state index in [9.17, 15) is 14.0 Å². The fourth-order valence-electron chi connectivity index (χ4n) is 1.69. The molecule has 0 fully saturated rings. The molecule has 0 radical (unpaired) electrons. The highest BCUT2D eigenvalue weighted by atomic mass is 32.2. The molecule has 6 heteroatoms. The van der Waals surface area contributed by atoms with Gasteiger partial charge in [0.2, 0.25) is 0 Å². The SMILES string of the molecule is C[C@H](Sc1ccccc1)C(=O)NNC(=O)c1ccccc1F. The van der Waals surface area contributed by atoms with Crippen LogP contribution in [0.5, 0.6) is 0 Å². The standard InChI is InChI=1S/C16H15FN2O2S/c1-11(22-12-7-3-2-4-8-12)15(20)18-19-16(21)13-9-5-6-10-14(13)17/h2-11H,1H3,(H,18,20)(H,19,21)/t11-/m0/s1. The van der Waals surface area contributed by atoms with Crippen LogP contribution in [0.25, 0.3) is 0 Å². The summed E-state index contributed by atoms with van der Waals surface area (Å²) in [5.74, 6) is -1.69. The number of carbonyl (C=O) groups excluding carboxylic acids is 2. The van der Waals surface area contributed by atoms with Gasteiger partial charge >= 0.3 is 0 Å². The molecule has 0 bridgehead atoms. The van der Waals surface area contributed by atoms with Gasteiger partial charge in [0.25, 0.3) is 11.8 Å². The highest BCUT2D eigenvalue weighted by molar-refractivity contribution is 8.00. The summed E-state index contributed by atoms with van der Waals surface area (Å²) in [6.07, 6.45) is 0. The summed E-state index contributed by atoms with van der Waals surface area (Å²) in [4.78, 5) is 24.7. The fourth-order valence-corrected chi connectivity index (χ4v) is 2.58. The molecule has 0 aromatic heterocycles. The predicted molar refractivity (Wildman–Crippen MR) is 83.8 cm³/mol. The third kappa shape index (κ3) is 4.33. The molecule has 0 aliphatic carbocycles. The van der Waals surface area contributed by atoms with E-state index in [0.29, 0.717) is 0 Å². The van der Waals surface area contributed by atoms with E-state index in [2.05, 4.69) is 10.9 Å². The van der Waals surface area contributed by atoms with E-state index in [1.807, 2.05) is 30.3 Å². The maximum absolute atomic E-state index is 13.4. The monoisotopic (exact) mass is 318 g/mol. The molecule has 2 aromatic rings. The van der Waals surface area contributed by atoms with Gasteiger partial charge < -0.3 is 0 Å². The summed E-state index contributed by atoms with van der Waals surface area (Å²) in [5.41, 5.74) is 4.40. The van der Waals surface area contributed by atoms with Crippen LogP contribution in [0.2, 0.25) is 0 Å². The van der Waals surface area contributed by atoms with Crippen molar-refractivity contribution < 1.29 is 14.0 Å². The summed E-state index contributed by atoms with van der Waals surface area (Å²) in [7, 11) is 0. The number of thioether (sulfide) groups is 1. The summed E-state index contributed by atoms with van der Waals surface area (Å²) in [6, 6.07) is 15.0. The van der Waals surface area contributed by atoms with E-state index in [1.54, 1.807) is 13.0 Å². The number of rotatable bonds is 4. The average molecular weight is 318 g/mol. The lowest BCUT2D eigenvalue weighted by Gasteiger charge is -2.13. The van der Waals surface area contributed by atoms with Crippen LogP contribution in [0.3, 0.4) is 0 Å². The first kappa shape index (κ1) is 16.0. The van der Waals surface area contributed by atoms with Gasteiger partial charge in [-0.3, -0.25) is 20.4 Å². The number of carbonyl (C=O) groups is 2. The second-order valence-corrected chi connectivity index (χ2v) is 5.91. The molecule has 2 N–H and O–H groups in total. The van der Waals surface area contributed by atoms with Gasteiger partial charge in [-0.2, -0.15) is 0 Å². The molecule has 2 amide bonds. The van der Waals surface area contributed by atoms with Crippen molar-refractivity contribution in [3.8, 4) is 0 Å². The van der Waals surface area contributed by atoms with Gasteiger partial charge in [-0.1, -0.05) is 30.3 Å². The van der Waals surface area contributed by atoms with Crippen LogP contribution in [0.1, 0.15) is 17.3 Å². The van der Waals surface area contributed by atoms with Gasteiger partial charge in [-0.05, 0) is 31.2 Å². The molecule has 22 heavy (non-hydrogen) atoms. The number of nitrogens with one attached hydrogen (secondary N) is 2. The Kier molecular flexibility index (Phi) is 5.55. The number of hydrazine groups is 1. The van der Waals surface area contributed by atoms with Crippen molar-refractivity contribution in [3.63, 3.8) is 0 Å². The first-order chi connectivity index (χ1) is 10.6. The summed E-state index contributed by atoms with van der Waals surface area (Å²) >= 11 is 1.36. The molecule has 4 nitrogen and oxygen atoms in total. The maximum Gasteiger partial charge on any atom is 0.272 e. The van der Waals surface area contributed by atoms with Crippen LogP contribution in [0.15, 0.2) is 59.5 Å². The fraction of sp³-hybridized carbons (Fsp3) is 0.125. The summed E-state index contributed by atoms with van der Waals surface area (Å²) < 4.78 is 13.4. The highest BCUT2D eigenvalue weighted by Gasteiger charge is 2.16. The Morgan fingerprint density at radius 3 is 2.32 bits per heavy atom. The molecule has 0 unspecified atom stereocenters. The third-order valence-electron chi connectivity index (χ3n) is 2.84. The quantitative estimate of drug-likeness (QED) is 0.673. The van der Waals surface area contributed by atoms with Crippen molar-refractivity contribution in [2.45, 2.75) is 17.1 Å². The van der Waals surface area contributed by atoms with Crippen LogP contribution in [0.4, 0.5) is 4.39 Å². The number of halogens is 1. The second-order valence-electron chi connectivity index (χ2n) is 4.50. The Morgan fingerprint density at radius 1 is 1.00 bits per heavy atom. The van der Waals surface area contributed by atoms with Crippen molar-refractivity contribution in [3.05, 3.63) is 66.0 Å². The molecule has 1 atom stereocenters. The number of amides is 2. The molecule has 0 saturated heterocycles. The van der Waals surface area contributed by atoms with Crippen LogP contribution in [-0.4, -0.2) is 17.1 Å². The van der Waals surface area contributed by atoms with E-state index < -0.39 is 17.0 Å². The molecular formula is C16H15FN2O2S. The first-order valence-electron chi connectivity index (χ1n) is 6.64. The van der Waals surface area contributed by atoms with Crippen LogP contribution in [0, 0.1) is 5.82 Å². The van der Waals surface area contributed by atoms with Gasteiger partial charge in [0.05, 0.1) is 10.8 Å². The lowest BCUT2D eigenvalue weighted by atomic mass is 10.2. The largest absolute Gasteiger partial charge is 0.272 e. The van der Waals surface area contributed by atoms with Crippen LogP contribution >= 0.6 is 11.8 Å². The molecule has 2 rings (SSSR count). The molecular weight excluding hydrogens is 303 g/mol. The Balaban J connectivity index is 1.87. The Bertz CT molecular complexity index is 664. The Hall–Kier alpha value is -2.34. The molecule has 0 saturated carbocycles. The lowest BCUT2D eigenvalue weighted by molar-refractivity contribution is -0.121. The summed E-state index contributed by atoms with van der Waals surface area (Å²) in [5, 5.41) is -0.400. The van der Waals surface area contributed by atoms with Crippen molar-refractivity contribution in [1.29, 1.82) is 0 Å². The van der Waals surface area contributed by atoms with E-state index in [4.69, 9.17) is 0 Å². The summed E-state index contributed by atoms with van der Waals surface area (Å²) in [6.45, 7) is 1.72. The average Bonchev–Trinajstić information content (AvgIpc) is 2.53. The highest BCUT2D eigenvalue weighted by Crippen LogP contribution is 2.22. The second kappa shape index (κ2) is 7.61. The van der Waals surface area contributed by atoms with Crippen LogP contribution < -0.4 is 10.9 Å². The number of benzene rings is 2. The zero-order valence-electron chi connectivity index (χ0n) is 11.9. The molecule has 2 aromatic carbocycles. The minimum atomic E-state index is -0.691. The zero-order valence-corrected chi connectivity index (χ0v) is 12.7. The molecule has 0 aliphatic rings. The van der Waals surface area contributed by atoms with Crippen molar-refractivity contribution in [2.75, 3.05) is 0 Å². The van der Waals surface area contributed by atoms with Crippen molar-refractivity contribution >= 4 is 23.6 Å². The van der Waals surface area contributed by atoms with E-state index in [1.165, 1.54) is 30.0 Å². The van der Waals surface area contributed by atoms with Gasteiger partial charge in [-0.25, -0.2) is 4.39 Å². The zero-order chi connectivity index (χ0) is 15.9. The van der Waals surface area contributed by atoms with Gasteiger partial charge in [-0.15, -0.1) is 11.8 Å². The molecule has 0 aliphatic heterocycles. The van der Waals surface area contributed by atoms with Gasteiger partial charge in [0.15, 0.2) is 0 Å². The van der Waals surface area contributed by atoms with Crippen molar-refractivity contribution in [1.82, 2.24) is 10.9 Å². The minimum Gasteiger partial charge on any atom is -0.272 e. The minimum absolute atomic E-state index is 0.119. The molecule has 114 valence electrons. The van der Waals surface area contributed by atoms with Gasteiger partial charge in [0.1, 0.15) is 5.82 Å². The van der Waals surface area contributed by atoms with Gasteiger partial charge in [0, 0.05) is 4.90 Å². The smallest absolute Gasteiger partial charge is 0.272 e. The Labute approximate surface area is 132 Å². The molecule has 0 heterocycles.